The molecule has 132 valence electrons. The van der Waals surface area contributed by atoms with Crippen LogP contribution in [0.2, 0.25) is 0 Å². The van der Waals surface area contributed by atoms with Crippen molar-refractivity contribution in [3.8, 4) is 0 Å². The molecule has 5 heteroatoms. The van der Waals surface area contributed by atoms with Gasteiger partial charge in [0.25, 0.3) is 5.91 Å². The van der Waals surface area contributed by atoms with E-state index in [-0.39, 0.29) is 12.0 Å². The fraction of sp³-hybridized carbons (Fsp3) is 0.500. The van der Waals surface area contributed by atoms with Crippen LogP contribution in [-0.2, 0) is 11.3 Å². The topological polar surface area (TPSA) is 55.6 Å². The third kappa shape index (κ3) is 3.33. The van der Waals surface area contributed by atoms with E-state index >= 15 is 0 Å². The number of aromatic nitrogens is 1. The van der Waals surface area contributed by atoms with Crippen molar-refractivity contribution in [1.82, 2.24) is 9.88 Å². The van der Waals surface area contributed by atoms with Crippen LogP contribution in [-0.4, -0.2) is 35.0 Å². The summed E-state index contributed by atoms with van der Waals surface area (Å²) in [5.41, 5.74) is 1.79. The Hall–Kier alpha value is -2.14. The largest absolute Gasteiger partial charge is 0.469 e. The molecule has 2 aromatic heterocycles. The Morgan fingerprint density at radius 2 is 2.28 bits per heavy atom. The number of carbonyl (C=O) groups excluding carboxylic acids is 1. The highest BCUT2D eigenvalue weighted by atomic mass is 16.5. The lowest BCUT2D eigenvalue weighted by Gasteiger charge is -2.32. The van der Waals surface area contributed by atoms with Gasteiger partial charge in [0.05, 0.1) is 24.5 Å². The summed E-state index contributed by atoms with van der Waals surface area (Å²) in [6, 6.07) is 5.75. The summed E-state index contributed by atoms with van der Waals surface area (Å²) < 4.78 is 11.5. The van der Waals surface area contributed by atoms with Crippen molar-refractivity contribution in [3.63, 3.8) is 0 Å². The predicted molar refractivity (Wildman–Crippen MR) is 93.0 cm³/mol. The van der Waals surface area contributed by atoms with Crippen molar-refractivity contribution in [3.05, 3.63) is 53.7 Å². The molecule has 0 radical (unpaired) electrons. The van der Waals surface area contributed by atoms with Gasteiger partial charge in [0.15, 0.2) is 0 Å². The second-order valence-corrected chi connectivity index (χ2v) is 7.17. The van der Waals surface area contributed by atoms with E-state index in [1.165, 1.54) is 12.8 Å². The molecule has 2 aliphatic rings. The molecule has 25 heavy (non-hydrogen) atoms. The number of ether oxygens (including phenoxy) is 1. The molecule has 1 aliphatic heterocycles. The molecule has 1 saturated heterocycles. The minimum absolute atomic E-state index is 0.0895. The summed E-state index contributed by atoms with van der Waals surface area (Å²) in [5, 5.41) is 0. The fourth-order valence-electron chi connectivity index (χ4n) is 4.26. The van der Waals surface area contributed by atoms with Gasteiger partial charge >= 0.3 is 0 Å². The number of pyridine rings is 1. The van der Waals surface area contributed by atoms with Gasteiger partial charge in [-0.2, -0.15) is 0 Å². The first kappa shape index (κ1) is 16.3. The monoisotopic (exact) mass is 340 g/mol. The number of furan rings is 1. The van der Waals surface area contributed by atoms with Crippen molar-refractivity contribution in [2.75, 3.05) is 13.1 Å². The Morgan fingerprint density at radius 3 is 3.04 bits per heavy atom. The van der Waals surface area contributed by atoms with E-state index in [0.29, 0.717) is 29.8 Å². The SMILES string of the molecule is Cc1occc1C(=O)N1C[C@H]2CCC[C@H](OCc3cccnc3)[C@H]2C1. The summed E-state index contributed by atoms with van der Waals surface area (Å²) >= 11 is 0. The van der Waals surface area contributed by atoms with Crippen LogP contribution in [0.5, 0.6) is 0 Å². The maximum Gasteiger partial charge on any atom is 0.257 e. The lowest BCUT2D eigenvalue weighted by molar-refractivity contribution is -0.0293. The van der Waals surface area contributed by atoms with Crippen LogP contribution in [0.3, 0.4) is 0 Å². The van der Waals surface area contributed by atoms with Crippen LogP contribution in [0.4, 0.5) is 0 Å². The Kier molecular flexibility index (Phi) is 4.57. The summed E-state index contributed by atoms with van der Waals surface area (Å²) in [4.78, 5) is 18.9. The van der Waals surface area contributed by atoms with Crippen LogP contribution >= 0.6 is 0 Å². The molecule has 0 spiro atoms. The molecule has 3 heterocycles. The van der Waals surface area contributed by atoms with Gasteiger partial charge in [-0.3, -0.25) is 9.78 Å². The number of nitrogens with zero attached hydrogens (tertiary/aromatic N) is 2. The molecule has 1 aliphatic carbocycles. The molecule has 1 saturated carbocycles. The van der Waals surface area contributed by atoms with Crippen molar-refractivity contribution in [2.45, 2.75) is 38.9 Å². The average molecular weight is 340 g/mol. The first-order chi connectivity index (χ1) is 12.2. The molecule has 1 amide bonds. The predicted octanol–water partition coefficient (Wildman–Crippen LogP) is 3.44. The van der Waals surface area contributed by atoms with E-state index in [9.17, 15) is 4.79 Å². The Bertz CT molecular complexity index is 728. The number of amides is 1. The van der Waals surface area contributed by atoms with E-state index in [1.807, 2.05) is 30.2 Å². The normalized spacial score (nSPS) is 25.8. The minimum atomic E-state index is 0.0895. The maximum absolute atomic E-state index is 12.8. The van der Waals surface area contributed by atoms with Gasteiger partial charge in [-0.15, -0.1) is 0 Å². The fourth-order valence-corrected chi connectivity index (χ4v) is 4.26. The van der Waals surface area contributed by atoms with Crippen molar-refractivity contribution >= 4 is 5.91 Å². The second-order valence-electron chi connectivity index (χ2n) is 7.17. The zero-order chi connectivity index (χ0) is 17.2. The van der Waals surface area contributed by atoms with Gasteiger partial charge in [0.2, 0.25) is 0 Å². The van der Waals surface area contributed by atoms with E-state index in [1.54, 1.807) is 18.5 Å². The van der Waals surface area contributed by atoms with Gasteiger partial charge in [0, 0.05) is 31.4 Å². The molecule has 2 aromatic rings. The molecule has 0 bridgehead atoms. The lowest BCUT2D eigenvalue weighted by Crippen LogP contribution is -2.34. The highest BCUT2D eigenvalue weighted by molar-refractivity contribution is 5.95. The average Bonchev–Trinajstić information content (AvgIpc) is 3.26. The van der Waals surface area contributed by atoms with Crippen LogP contribution < -0.4 is 0 Å². The Labute approximate surface area is 148 Å². The van der Waals surface area contributed by atoms with Crippen molar-refractivity contribution in [1.29, 1.82) is 0 Å². The highest BCUT2D eigenvalue weighted by Gasteiger charge is 2.42. The zero-order valence-electron chi connectivity index (χ0n) is 14.6. The summed E-state index contributed by atoms with van der Waals surface area (Å²) in [7, 11) is 0. The number of likely N-dealkylation sites (tertiary alicyclic amines) is 1. The molecule has 3 atom stereocenters. The number of carbonyl (C=O) groups is 1. The first-order valence-corrected chi connectivity index (χ1v) is 9.06. The van der Waals surface area contributed by atoms with Crippen LogP contribution in [0.25, 0.3) is 0 Å². The van der Waals surface area contributed by atoms with Gasteiger partial charge in [-0.1, -0.05) is 12.5 Å². The van der Waals surface area contributed by atoms with Crippen LogP contribution in [0.1, 0.15) is 40.9 Å². The van der Waals surface area contributed by atoms with Crippen LogP contribution in [0.15, 0.2) is 41.3 Å². The number of fused-ring (bicyclic) bond motifs is 1. The smallest absolute Gasteiger partial charge is 0.257 e. The lowest BCUT2D eigenvalue weighted by atomic mass is 9.79. The van der Waals surface area contributed by atoms with Crippen molar-refractivity contribution in [2.24, 2.45) is 11.8 Å². The zero-order valence-corrected chi connectivity index (χ0v) is 14.6. The van der Waals surface area contributed by atoms with Gasteiger partial charge < -0.3 is 14.1 Å². The molecule has 4 rings (SSSR count). The number of aryl methyl sites for hydroxylation is 1. The minimum Gasteiger partial charge on any atom is -0.469 e. The third-order valence-electron chi connectivity index (χ3n) is 5.60. The van der Waals surface area contributed by atoms with E-state index < -0.39 is 0 Å². The molecule has 0 unspecified atom stereocenters. The van der Waals surface area contributed by atoms with Crippen molar-refractivity contribution < 1.29 is 13.9 Å². The van der Waals surface area contributed by atoms with E-state index in [2.05, 4.69) is 4.98 Å². The van der Waals surface area contributed by atoms with Crippen LogP contribution in [0, 0.1) is 18.8 Å². The number of hydrogen-bond acceptors (Lipinski definition) is 4. The third-order valence-corrected chi connectivity index (χ3v) is 5.60. The standard InChI is InChI=1S/C20H24N2O3/c1-14-17(7-9-24-14)20(23)22-11-16-5-2-6-19(18(16)12-22)25-13-15-4-3-8-21-10-15/h3-4,7-10,16,18-19H,2,5-6,11-13H2,1H3/t16-,18+,19+/m1/s1. The molecule has 2 fully saturated rings. The summed E-state index contributed by atoms with van der Waals surface area (Å²) in [6.45, 7) is 4.05. The number of rotatable bonds is 4. The van der Waals surface area contributed by atoms with E-state index in [4.69, 9.17) is 9.15 Å². The molecule has 0 N–H and O–H groups in total. The Balaban J connectivity index is 1.41. The van der Waals surface area contributed by atoms with Gasteiger partial charge in [-0.05, 0) is 43.4 Å². The van der Waals surface area contributed by atoms with Gasteiger partial charge in [0.1, 0.15) is 5.76 Å². The first-order valence-electron chi connectivity index (χ1n) is 9.06. The molecule has 0 aromatic carbocycles. The summed E-state index contributed by atoms with van der Waals surface area (Å²) in [5.74, 6) is 1.77. The molecular formula is C20H24N2O3. The molecule has 5 nitrogen and oxygen atoms in total. The highest BCUT2D eigenvalue weighted by Crippen LogP contribution is 2.38. The second kappa shape index (κ2) is 7.00. The van der Waals surface area contributed by atoms with Gasteiger partial charge in [-0.25, -0.2) is 0 Å². The summed E-state index contributed by atoms with van der Waals surface area (Å²) in [6.07, 6.45) is 8.88. The quantitative estimate of drug-likeness (QED) is 0.855. The number of hydrogen-bond donors (Lipinski definition) is 0. The Morgan fingerprint density at radius 1 is 1.36 bits per heavy atom. The van der Waals surface area contributed by atoms with E-state index in [0.717, 1.165) is 25.1 Å². The molecular weight excluding hydrogens is 316 g/mol. The maximum atomic E-state index is 12.8.